The first-order chi connectivity index (χ1) is 17.4. The van der Waals surface area contributed by atoms with Gasteiger partial charge in [-0.05, 0) is 51.8 Å². The van der Waals surface area contributed by atoms with Crippen LogP contribution in [0.2, 0.25) is 0 Å². The molecule has 36 heavy (non-hydrogen) atoms. The molecule has 0 aliphatic carbocycles. The van der Waals surface area contributed by atoms with E-state index >= 15 is 0 Å². The van der Waals surface area contributed by atoms with E-state index in [4.69, 9.17) is 14.2 Å². The third-order valence-corrected chi connectivity index (χ3v) is 6.33. The van der Waals surface area contributed by atoms with Crippen molar-refractivity contribution in [2.24, 2.45) is 0 Å². The highest BCUT2D eigenvalue weighted by Crippen LogP contribution is 2.47. The van der Waals surface area contributed by atoms with E-state index in [-0.39, 0.29) is 11.5 Å². The minimum Gasteiger partial charge on any atom is -0.493 e. The maximum atomic E-state index is 12.8. The standard InChI is InChI=1S/C27H25BrN4O4/c1-32(2)18-10-11-19-22(14-18)36-26(31-27(33)30-17-8-6-5-7-9-17)20(15-29)24(19)16-12-21(28)25(35-4)23(13-16)34-3/h5-14,24H,1-4H3,(H2,30,31,33). The maximum absolute atomic E-state index is 12.8. The van der Waals surface area contributed by atoms with Gasteiger partial charge in [0.25, 0.3) is 0 Å². The predicted octanol–water partition coefficient (Wildman–Crippen LogP) is 5.61. The largest absolute Gasteiger partial charge is 0.493 e. The Balaban J connectivity index is 1.83. The van der Waals surface area contributed by atoms with Gasteiger partial charge >= 0.3 is 6.03 Å². The predicted molar refractivity (Wildman–Crippen MR) is 142 cm³/mol. The minimum absolute atomic E-state index is 0.0604. The van der Waals surface area contributed by atoms with Crippen LogP contribution in [0.15, 0.2) is 76.6 Å². The second kappa shape index (κ2) is 10.6. The molecule has 0 bridgehead atoms. The van der Waals surface area contributed by atoms with Gasteiger partial charge in [-0.3, -0.25) is 5.32 Å². The van der Waals surface area contributed by atoms with Crippen molar-refractivity contribution in [3.8, 4) is 23.3 Å². The molecule has 3 aromatic carbocycles. The molecule has 9 heteroatoms. The van der Waals surface area contributed by atoms with E-state index in [0.29, 0.717) is 27.4 Å². The molecule has 4 rings (SSSR count). The zero-order valence-electron chi connectivity index (χ0n) is 20.3. The molecule has 0 saturated heterocycles. The lowest BCUT2D eigenvalue weighted by atomic mass is 9.83. The summed E-state index contributed by atoms with van der Waals surface area (Å²) in [6, 6.07) is 20.2. The smallest absolute Gasteiger partial charge is 0.326 e. The van der Waals surface area contributed by atoms with Crippen molar-refractivity contribution in [2.75, 3.05) is 38.5 Å². The van der Waals surface area contributed by atoms with Crippen molar-refractivity contribution in [1.29, 1.82) is 5.26 Å². The monoisotopic (exact) mass is 548 g/mol. The van der Waals surface area contributed by atoms with Crippen LogP contribution in [0.3, 0.4) is 0 Å². The van der Waals surface area contributed by atoms with Gasteiger partial charge in [0.1, 0.15) is 17.4 Å². The number of urea groups is 1. The van der Waals surface area contributed by atoms with E-state index in [2.05, 4.69) is 32.6 Å². The number of fused-ring (bicyclic) bond motifs is 1. The molecule has 0 radical (unpaired) electrons. The highest BCUT2D eigenvalue weighted by atomic mass is 79.9. The molecule has 1 aliphatic rings. The normalized spacial score (nSPS) is 14.2. The van der Waals surface area contributed by atoms with Crippen LogP contribution in [-0.2, 0) is 0 Å². The van der Waals surface area contributed by atoms with Crippen molar-refractivity contribution < 1.29 is 19.0 Å². The molecule has 1 heterocycles. The summed E-state index contributed by atoms with van der Waals surface area (Å²) in [5.41, 5.74) is 3.32. The highest BCUT2D eigenvalue weighted by Gasteiger charge is 2.34. The molecule has 2 N–H and O–H groups in total. The first-order valence-electron chi connectivity index (χ1n) is 11.0. The summed E-state index contributed by atoms with van der Waals surface area (Å²) >= 11 is 3.55. The number of halogens is 1. The lowest BCUT2D eigenvalue weighted by molar-refractivity contribution is 0.247. The summed E-state index contributed by atoms with van der Waals surface area (Å²) in [6.07, 6.45) is 0. The van der Waals surface area contributed by atoms with Gasteiger partial charge in [-0.15, -0.1) is 0 Å². The van der Waals surface area contributed by atoms with E-state index in [9.17, 15) is 10.1 Å². The fraction of sp³-hybridized carbons (Fsp3) is 0.185. The molecule has 1 unspecified atom stereocenters. The Morgan fingerprint density at radius 2 is 1.81 bits per heavy atom. The number of anilines is 2. The first kappa shape index (κ1) is 24.9. The van der Waals surface area contributed by atoms with Gasteiger partial charge in [0, 0.05) is 37.1 Å². The zero-order chi connectivity index (χ0) is 25.8. The van der Waals surface area contributed by atoms with Crippen LogP contribution in [0.5, 0.6) is 17.2 Å². The number of benzene rings is 3. The highest BCUT2D eigenvalue weighted by molar-refractivity contribution is 9.10. The van der Waals surface area contributed by atoms with E-state index < -0.39 is 11.9 Å². The Morgan fingerprint density at radius 3 is 2.44 bits per heavy atom. The number of nitrogens with one attached hydrogen (secondary N) is 2. The topological polar surface area (TPSA) is 95.8 Å². The number of carbonyl (C=O) groups is 1. The second-order valence-corrected chi connectivity index (χ2v) is 9.04. The summed E-state index contributed by atoms with van der Waals surface area (Å²) < 4.78 is 17.8. The zero-order valence-corrected chi connectivity index (χ0v) is 21.8. The first-order valence-corrected chi connectivity index (χ1v) is 11.8. The van der Waals surface area contributed by atoms with Crippen molar-refractivity contribution in [2.45, 2.75) is 5.92 Å². The van der Waals surface area contributed by atoms with E-state index in [1.807, 2.05) is 67.5 Å². The van der Waals surface area contributed by atoms with Gasteiger partial charge < -0.3 is 24.4 Å². The number of methoxy groups -OCH3 is 2. The van der Waals surface area contributed by atoms with E-state index in [1.165, 1.54) is 0 Å². The van der Waals surface area contributed by atoms with Crippen LogP contribution < -0.4 is 29.7 Å². The third kappa shape index (κ3) is 4.95. The van der Waals surface area contributed by atoms with Crippen molar-refractivity contribution >= 4 is 33.3 Å². The van der Waals surface area contributed by atoms with Crippen LogP contribution >= 0.6 is 15.9 Å². The van der Waals surface area contributed by atoms with Crippen molar-refractivity contribution in [1.82, 2.24) is 5.32 Å². The lowest BCUT2D eigenvalue weighted by Crippen LogP contribution is -2.34. The number of nitrogens with zero attached hydrogens (tertiary/aromatic N) is 2. The number of rotatable bonds is 6. The quantitative estimate of drug-likeness (QED) is 0.415. The van der Waals surface area contributed by atoms with Gasteiger partial charge in [-0.1, -0.05) is 24.3 Å². The Labute approximate surface area is 218 Å². The molecule has 1 atom stereocenters. The number of para-hydroxylation sites is 1. The van der Waals surface area contributed by atoms with Crippen LogP contribution in [-0.4, -0.2) is 34.3 Å². The van der Waals surface area contributed by atoms with E-state index in [0.717, 1.165) is 16.8 Å². The van der Waals surface area contributed by atoms with Gasteiger partial charge in [-0.2, -0.15) is 5.26 Å². The molecule has 0 aromatic heterocycles. The Bertz CT molecular complexity index is 1370. The molecule has 3 aromatic rings. The number of allylic oxidation sites excluding steroid dienone is 1. The third-order valence-electron chi connectivity index (χ3n) is 5.74. The summed E-state index contributed by atoms with van der Waals surface area (Å²) in [4.78, 5) is 14.8. The summed E-state index contributed by atoms with van der Waals surface area (Å²) in [7, 11) is 6.97. The maximum Gasteiger partial charge on any atom is 0.326 e. The molecule has 0 spiro atoms. The van der Waals surface area contributed by atoms with Crippen LogP contribution in [0.1, 0.15) is 17.0 Å². The molecular formula is C27H25BrN4O4. The second-order valence-electron chi connectivity index (χ2n) is 8.19. The summed E-state index contributed by atoms with van der Waals surface area (Å²) in [5.74, 6) is 1.11. The minimum atomic E-state index is -0.530. The van der Waals surface area contributed by atoms with Crippen LogP contribution in [0, 0.1) is 11.3 Å². The van der Waals surface area contributed by atoms with Gasteiger partial charge in [0.05, 0.1) is 24.6 Å². The number of carbonyl (C=O) groups excluding carboxylic acids is 1. The van der Waals surface area contributed by atoms with Crippen LogP contribution in [0.4, 0.5) is 16.2 Å². The van der Waals surface area contributed by atoms with Gasteiger partial charge in [0.15, 0.2) is 11.5 Å². The van der Waals surface area contributed by atoms with Crippen molar-refractivity contribution in [3.63, 3.8) is 0 Å². The average molecular weight is 549 g/mol. The van der Waals surface area contributed by atoms with Crippen LogP contribution in [0.25, 0.3) is 0 Å². The van der Waals surface area contributed by atoms with E-state index in [1.54, 1.807) is 26.4 Å². The number of hydrogen-bond donors (Lipinski definition) is 2. The molecule has 0 fully saturated rings. The molecule has 0 saturated carbocycles. The van der Waals surface area contributed by atoms with Gasteiger partial charge in [0.2, 0.25) is 5.88 Å². The molecule has 2 amide bonds. The Hall–Kier alpha value is -4.16. The Morgan fingerprint density at radius 1 is 1.06 bits per heavy atom. The Kier molecular flexibility index (Phi) is 7.36. The molecular weight excluding hydrogens is 524 g/mol. The molecule has 184 valence electrons. The SMILES string of the molecule is COc1cc(C2C(C#N)=C(NC(=O)Nc3ccccc3)Oc3cc(N(C)C)ccc32)cc(Br)c1OC. The number of amides is 2. The fourth-order valence-electron chi connectivity index (χ4n) is 4.03. The summed E-state index contributed by atoms with van der Waals surface area (Å²) in [6.45, 7) is 0. The van der Waals surface area contributed by atoms with Crippen molar-refractivity contribution in [3.05, 3.63) is 87.7 Å². The fourth-order valence-corrected chi connectivity index (χ4v) is 4.65. The average Bonchev–Trinajstić information content (AvgIpc) is 2.87. The number of hydrogen-bond acceptors (Lipinski definition) is 6. The molecule has 1 aliphatic heterocycles. The summed E-state index contributed by atoms with van der Waals surface area (Å²) in [5, 5.41) is 15.7. The van der Waals surface area contributed by atoms with Gasteiger partial charge in [-0.25, -0.2) is 4.79 Å². The molecule has 8 nitrogen and oxygen atoms in total. The lowest BCUT2D eigenvalue weighted by Gasteiger charge is -2.29. The number of ether oxygens (including phenoxy) is 3. The number of nitriles is 1.